The van der Waals surface area contributed by atoms with E-state index in [0.717, 1.165) is 6.08 Å². The van der Waals surface area contributed by atoms with Gasteiger partial charge in [-0.2, -0.15) is 0 Å². The average molecular weight is 233 g/mol. The third kappa shape index (κ3) is 3.90. The van der Waals surface area contributed by atoms with Gasteiger partial charge in [0.25, 0.3) is 0 Å². The highest BCUT2D eigenvalue weighted by Crippen LogP contribution is 2.14. The molecule has 5 heteroatoms. The maximum atomic E-state index is 11.0. The highest BCUT2D eigenvalue weighted by molar-refractivity contribution is 5.98. The van der Waals surface area contributed by atoms with E-state index in [1.807, 2.05) is 0 Å². The quantitative estimate of drug-likeness (QED) is 0.609. The fraction of sp³-hybridized carbons (Fsp3) is 0.0833. The van der Waals surface area contributed by atoms with Crippen molar-refractivity contribution in [2.24, 2.45) is 0 Å². The number of pyridine rings is 1. The molecule has 1 aromatic heterocycles. The molecular formula is C12H11NO4. The topological polar surface area (TPSA) is 87.5 Å². The van der Waals surface area contributed by atoms with Gasteiger partial charge >= 0.3 is 11.9 Å². The molecule has 0 amide bonds. The lowest BCUT2D eigenvalue weighted by Crippen LogP contribution is -2.03. The standard InChI is InChI=1S/C12H11NO4/c1-8(6-11(14)15)10(12(16)17)7-9-2-4-13-5-3-9/h2-7H,1H3,(H,14,15)(H,16,17)/b8-6+,10-7-. The summed E-state index contributed by atoms with van der Waals surface area (Å²) in [7, 11) is 0. The van der Waals surface area contributed by atoms with E-state index < -0.39 is 11.9 Å². The minimum Gasteiger partial charge on any atom is -0.478 e. The van der Waals surface area contributed by atoms with E-state index in [1.165, 1.54) is 25.4 Å². The Morgan fingerprint density at radius 2 is 1.82 bits per heavy atom. The molecule has 0 aliphatic heterocycles. The summed E-state index contributed by atoms with van der Waals surface area (Å²) >= 11 is 0. The van der Waals surface area contributed by atoms with E-state index in [-0.39, 0.29) is 11.1 Å². The van der Waals surface area contributed by atoms with E-state index >= 15 is 0 Å². The zero-order chi connectivity index (χ0) is 12.8. The van der Waals surface area contributed by atoms with Crippen molar-refractivity contribution in [2.75, 3.05) is 0 Å². The van der Waals surface area contributed by atoms with Gasteiger partial charge in [0, 0.05) is 18.5 Å². The molecule has 0 aliphatic carbocycles. The van der Waals surface area contributed by atoms with Crippen molar-refractivity contribution >= 4 is 18.0 Å². The molecule has 2 N–H and O–H groups in total. The Balaban J connectivity index is 3.15. The van der Waals surface area contributed by atoms with Gasteiger partial charge in [0.2, 0.25) is 0 Å². The Kier molecular flexibility index (Phi) is 4.16. The first-order chi connectivity index (χ1) is 8.00. The molecule has 5 nitrogen and oxygen atoms in total. The molecule has 0 aliphatic rings. The van der Waals surface area contributed by atoms with Gasteiger partial charge in [-0.25, -0.2) is 9.59 Å². The molecular weight excluding hydrogens is 222 g/mol. The predicted molar refractivity (Wildman–Crippen MR) is 61.2 cm³/mol. The van der Waals surface area contributed by atoms with Crippen molar-refractivity contribution in [3.8, 4) is 0 Å². The lowest BCUT2D eigenvalue weighted by molar-refractivity contribution is -0.132. The molecule has 0 radical (unpaired) electrons. The number of carbonyl (C=O) groups is 2. The van der Waals surface area contributed by atoms with Gasteiger partial charge in [0.05, 0.1) is 5.57 Å². The summed E-state index contributed by atoms with van der Waals surface area (Å²) in [6.45, 7) is 1.44. The Morgan fingerprint density at radius 1 is 1.24 bits per heavy atom. The van der Waals surface area contributed by atoms with Crippen LogP contribution in [-0.4, -0.2) is 27.1 Å². The third-order valence-electron chi connectivity index (χ3n) is 2.01. The molecule has 0 saturated carbocycles. The summed E-state index contributed by atoms with van der Waals surface area (Å²) < 4.78 is 0. The normalized spacial score (nSPS) is 12.3. The van der Waals surface area contributed by atoms with E-state index in [4.69, 9.17) is 10.2 Å². The summed E-state index contributed by atoms with van der Waals surface area (Å²) in [6, 6.07) is 3.27. The smallest absolute Gasteiger partial charge is 0.335 e. The monoisotopic (exact) mass is 233 g/mol. The highest BCUT2D eigenvalue weighted by atomic mass is 16.4. The maximum absolute atomic E-state index is 11.0. The van der Waals surface area contributed by atoms with E-state index in [9.17, 15) is 9.59 Å². The van der Waals surface area contributed by atoms with Gasteiger partial charge < -0.3 is 10.2 Å². The van der Waals surface area contributed by atoms with Crippen LogP contribution < -0.4 is 0 Å². The lowest BCUT2D eigenvalue weighted by atomic mass is 10.0. The van der Waals surface area contributed by atoms with Crippen molar-refractivity contribution in [1.82, 2.24) is 4.98 Å². The first-order valence-corrected chi connectivity index (χ1v) is 4.77. The highest BCUT2D eigenvalue weighted by Gasteiger charge is 2.10. The number of carboxylic acid groups (broad SMARTS) is 2. The second-order valence-corrected chi connectivity index (χ2v) is 3.31. The first-order valence-electron chi connectivity index (χ1n) is 4.77. The van der Waals surface area contributed by atoms with Crippen LogP contribution in [0, 0.1) is 0 Å². The number of rotatable bonds is 4. The fourth-order valence-electron chi connectivity index (χ4n) is 1.23. The lowest BCUT2D eigenvalue weighted by Gasteiger charge is -2.02. The van der Waals surface area contributed by atoms with Crippen LogP contribution in [0.1, 0.15) is 12.5 Å². The van der Waals surface area contributed by atoms with Gasteiger partial charge in [-0.3, -0.25) is 4.98 Å². The molecule has 1 rings (SSSR count). The minimum absolute atomic E-state index is 0.0569. The van der Waals surface area contributed by atoms with Crippen LogP contribution in [0.4, 0.5) is 0 Å². The second-order valence-electron chi connectivity index (χ2n) is 3.31. The number of aliphatic carboxylic acids is 2. The molecule has 0 atom stereocenters. The molecule has 1 heterocycles. The Bertz CT molecular complexity index is 488. The molecule has 88 valence electrons. The summed E-state index contributed by atoms with van der Waals surface area (Å²) in [5.41, 5.74) is 0.774. The van der Waals surface area contributed by atoms with Crippen molar-refractivity contribution in [1.29, 1.82) is 0 Å². The first kappa shape index (κ1) is 12.6. The van der Waals surface area contributed by atoms with Crippen molar-refractivity contribution in [3.05, 3.63) is 47.3 Å². The van der Waals surface area contributed by atoms with E-state index in [2.05, 4.69) is 4.98 Å². The summed E-state index contributed by atoms with van der Waals surface area (Å²) in [6.07, 6.45) is 5.32. The molecule has 1 aromatic rings. The Morgan fingerprint density at radius 3 is 2.29 bits per heavy atom. The van der Waals surface area contributed by atoms with Gasteiger partial charge in [-0.05, 0) is 36.3 Å². The van der Waals surface area contributed by atoms with Crippen LogP contribution in [-0.2, 0) is 9.59 Å². The zero-order valence-electron chi connectivity index (χ0n) is 9.12. The molecule has 17 heavy (non-hydrogen) atoms. The van der Waals surface area contributed by atoms with Crippen molar-refractivity contribution < 1.29 is 19.8 Å². The van der Waals surface area contributed by atoms with Crippen molar-refractivity contribution in [3.63, 3.8) is 0 Å². The third-order valence-corrected chi connectivity index (χ3v) is 2.01. The number of nitrogens with zero attached hydrogens (tertiary/aromatic N) is 1. The number of hydrogen-bond donors (Lipinski definition) is 2. The largest absolute Gasteiger partial charge is 0.478 e. The number of hydrogen-bond acceptors (Lipinski definition) is 3. The molecule has 0 saturated heterocycles. The maximum Gasteiger partial charge on any atom is 0.335 e. The Labute approximate surface area is 97.7 Å². The second kappa shape index (κ2) is 5.60. The molecule has 0 unspecified atom stereocenters. The van der Waals surface area contributed by atoms with Gasteiger partial charge in [-0.1, -0.05) is 0 Å². The SMILES string of the molecule is CC(=C\C(=O)O)/C(=C/c1ccncc1)C(=O)O. The number of carboxylic acids is 2. The van der Waals surface area contributed by atoms with Crippen LogP contribution in [0.15, 0.2) is 41.7 Å². The predicted octanol–water partition coefficient (Wildman–Crippen LogP) is 1.58. The summed E-state index contributed by atoms with van der Waals surface area (Å²) in [5, 5.41) is 17.6. The molecule has 0 spiro atoms. The van der Waals surface area contributed by atoms with E-state index in [0.29, 0.717) is 5.56 Å². The fourth-order valence-corrected chi connectivity index (χ4v) is 1.23. The van der Waals surface area contributed by atoms with Crippen molar-refractivity contribution in [2.45, 2.75) is 6.92 Å². The van der Waals surface area contributed by atoms with Crippen LogP contribution in [0.3, 0.4) is 0 Å². The van der Waals surface area contributed by atoms with Crippen LogP contribution >= 0.6 is 0 Å². The van der Waals surface area contributed by atoms with Crippen LogP contribution in [0.2, 0.25) is 0 Å². The summed E-state index contributed by atoms with van der Waals surface area (Å²) in [5.74, 6) is -2.35. The zero-order valence-corrected chi connectivity index (χ0v) is 9.12. The van der Waals surface area contributed by atoms with Crippen LogP contribution in [0.5, 0.6) is 0 Å². The van der Waals surface area contributed by atoms with Crippen LogP contribution in [0.25, 0.3) is 6.08 Å². The molecule has 0 aromatic carbocycles. The minimum atomic E-state index is -1.18. The van der Waals surface area contributed by atoms with Gasteiger partial charge in [0.15, 0.2) is 0 Å². The van der Waals surface area contributed by atoms with Gasteiger partial charge in [-0.15, -0.1) is 0 Å². The average Bonchev–Trinajstić information content (AvgIpc) is 2.25. The summed E-state index contributed by atoms with van der Waals surface area (Å²) in [4.78, 5) is 25.3. The number of aromatic nitrogens is 1. The van der Waals surface area contributed by atoms with Gasteiger partial charge in [0.1, 0.15) is 0 Å². The van der Waals surface area contributed by atoms with E-state index in [1.54, 1.807) is 12.1 Å². The molecule has 0 bridgehead atoms. The Hall–Kier alpha value is -2.43. The molecule has 0 fully saturated rings.